The summed E-state index contributed by atoms with van der Waals surface area (Å²) in [5.74, 6) is 1.35. The van der Waals surface area contributed by atoms with E-state index in [-0.39, 0.29) is 10.8 Å². The number of rotatable bonds is 5. The first kappa shape index (κ1) is 29.4. The normalized spacial score (nSPS) is 34.7. The quantitative estimate of drug-likeness (QED) is 0.230. The van der Waals surface area contributed by atoms with Crippen molar-refractivity contribution in [3.63, 3.8) is 0 Å². The maximum absolute atomic E-state index is 10.8. The zero-order valence-corrected chi connectivity index (χ0v) is 29.9. The van der Waals surface area contributed by atoms with Crippen molar-refractivity contribution >= 4 is 109 Å². The molecule has 0 heterocycles. The van der Waals surface area contributed by atoms with Crippen molar-refractivity contribution < 1.29 is 5.11 Å². The van der Waals surface area contributed by atoms with Gasteiger partial charge in [0.15, 0.2) is 0 Å². The molecule has 0 bridgehead atoms. The molecule has 1 N–H and O–H groups in total. The summed E-state index contributed by atoms with van der Waals surface area (Å²) in [6.45, 7) is 7.36. The predicted octanol–water partition coefficient (Wildman–Crippen LogP) is 11.3. The number of phenols is 1. The van der Waals surface area contributed by atoms with Crippen molar-refractivity contribution in [2.45, 2.75) is 75.4 Å². The van der Waals surface area contributed by atoms with Crippen LogP contribution in [0.4, 0.5) is 0 Å². The van der Waals surface area contributed by atoms with Gasteiger partial charge in [0.05, 0.1) is 4.47 Å². The molecule has 2 saturated carbocycles. The third kappa shape index (κ3) is 6.31. The van der Waals surface area contributed by atoms with Crippen LogP contribution in [0, 0.1) is 22.7 Å². The monoisotopic (exact) mass is 930 g/mol. The van der Waals surface area contributed by atoms with Crippen LogP contribution in [-0.4, -0.2) is 14.8 Å². The standard InChI is InChI=1S/C26H32Br4I2O/c1-25(2)19(15(13-31)4-6-22(25)29)8-9-26(3)20(16(14-32)5-7-23(26)30)11-17-10-18(27)12-21(28)24(17)33/h10,12-14,19-20,22-23,33H,4-9,11H2,1-3H3. The van der Waals surface area contributed by atoms with Gasteiger partial charge in [0.25, 0.3) is 0 Å². The Morgan fingerprint density at radius 1 is 0.970 bits per heavy atom. The highest BCUT2D eigenvalue weighted by atomic mass is 127. The van der Waals surface area contributed by atoms with Crippen LogP contribution in [0.2, 0.25) is 0 Å². The number of hydrogen-bond donors (Lipinski definition) is 1. The Hall–Kier alpha value is 1.88. The van der Waals surface area contributed by atoms with Crippen molar-refractivity contribution in [3.05, 3.63) is 46.0 Å². The molecule has 2 aliphatic carbocycles. The molecule has 0 spiro atoms. The van der Waals surface area contributed by atoms with E-state index in [2.05, 4.69) is 144 Å². The summed E-state index contributed by atoms with van der Waals surface area (Å²) in [5, 5.41) is 10.8. The number of allylic oxidation sites excluding steroid dienone is 2. The summed E-state index contributed by atoms with van der Waals surface area (Å²) in [6.07, 6.45) is 7.91. The lowest BCUT2D eigenvalue weighted by Crippen LogP contribution is -2.44. The van der Waals surface area contributed by atoms with Crippen LogP contribution in [0.15, 0.2) is 40.4 Å². The molecule has 184 valence electrons. The lowest BCUT2D eigenvalue weighted by molar-refractivity contribution is 0.118. The molecule has 0 aliphatic heterocycles. The fraction of sp³-hybridized carbons (Fsp3) is 0.615. The number of phenolic OH excluding ortho intramolecular Hbond substituents is 1. The van der Waals surface area contributed by atoms with Crippen molar-refractivity contribution in [1.82, 2.24) is 0 Å². The van der Waals surface area contributed by atoms with E-state index in [1.165, 1.54) is 37.7 Å². The van der Waals surface area contributed by atoms with E-state index in [1.807, 2.05) is 6.07 Å². The maximum Gasteiger partial charge on any atom is 0.133 e. The molecular weight excluding hydrogens is 902 g/mol. The Labute approximate surface area is 260 Å². The molecule has 5 unspecified atom stereocenters. The van der Waals surface area contributed by atoms with E-state index in [1.54, 1.807) is 5.57 Å². The van der Waals surface area contributed by atoms with Gasteiger partial charge in [-0.3, -0.25) is 0 Å². The number of benzene rings is 1. The SMILES string of the molecule is CC1(C)C(Br)CCC(=CI)C1CCC1(C)C(Br)CCC(=CI)C1Cc1cc(Br)cc(Br)c1O. The van der Waals surface area contributed by atoms with Crippen LogP contribution in [-0.2, 0) is 6.42 Å². The Balaban J connectivity index is 1.94. The smallest absolute Gasteiger partial charge is 0.133 e. The fourth-order valence-corrected chi connectivity index (χ4v) is 10.1. The second-order valence-corrected chi connectivity index (χ2v) is 15.7. The highest BCUT2D eigenvalue weighted by molar-refractivity contribution is 14.1. The van der Waals surface area contributed by atoms with Crippen LogP contribution in [0.3, 0.4) is 0 Å². The van der Waals surface area contributed by atoms with Crippen molar-refractivity contribution in [2.75, 3.05) is 0 Å². The van der Waals surface area contributed by atoms with Crippen molar-refractivity contribution in [3.8, 4) is 5.75 Å². The average Bonchev–Trinajstić information content (AvgIpc) is 2.76. The highest BCUT2D eigenvalue weighted by Crippen LogP contribution is 2.56. The van der Waals surface area contributed by atoms with Gasteiger partial charge in [0, 0.05) is 14.1 Å². The van der Waals surface area contributed by atoms with Gasteiger partial charge in [-0.15, -0.1) is 0 Å². The summed E-state index contributed by atoms with van der Waals surface area (Å²) >= 11 is 20.2. The molecule has 5 atom stereocenters. The van der Waals surface area contributed by atoms with Gasteiger partial charge in [-0.1, -0.05) is 125 Å². The molecule has 0 aromatic heterocycles. The highest BCUT2D eigenvalue weighted by Gasteiger charge is 2.47. The molecule has 0 amide bonds. The van der Waals surface area contributed by atoms with Crippen LogP contribution < -0.4 is 0 Å². The second kappa shape index (κ2) is 12.2. The minimum Gasteiger partial charge on any atom is -0.506 e. The van der Waals surface area contributed by atoms with E-state index in [0.29, 0.717) is 27.2 Å². The molecule has 1 aromatic carbocycles. The van der Waals surface area contributed by atoms with E-state index < -0.39 is 0 Å². The lowest BCUT2D eigenvalue weighted by Gasteiger charge is -2.50. The summed E-state index contributed by atoms with van der Waals surface area (Å²) in [5.41, 5.74) is 4.51. The van der Waals surface area contributed by atoms with Crippen LogP contribution >= 0.6 is 109 Å². The van der Waals surface area contributed by atoms with Gasteiger partial charge in [-0.2, -0.15) is 0 Å². The topological polar surface area (TPSA) is 20.2 Å². The molecule has 3 rings (SSSR count). The minimum atomic E-state index is 0.113. The average molecular weight is 934 g/mol. The summed E-state index contributed by atoms with van der Waals surface area (Å²) < 4.78 is 6.41. The molecular formula is C26H32Br4I2O. The van der Waals surface area contributed by atoms with Gasteiger partial charge in [-0.25, -0.2) is 0 Å². The van der Waals surface area contributed by atoms with Gasteiger partial charge >= 0.3 is 0 Å². The van der Waals surface area contributed by atoms with Crippen molar-refractivity contribution in [1.29, 1.82) is 0 Å². The van der Waals surface area contributed by atoms with E-state index >= 15 is 0 Å². The summed E-state index contributed by atoms with van der Waals surface area (Å²) in [6, 6.07) is 4.00. The zero-order valence-electron chi connectivity index (χ0n) is 19.3. The fourth-order valence-electron chi connectivity index (χ4n) is 5.94. The number of hydrogen-bond acceptors (Lipinski definition) is 1. The van der Waals surface area contributed by atoms with Gasteiger partial charge in [0.2, 0.25) is 0 Å². The first-order valence-corrected chi connectivity index (χ1v) is 17.4. The lowest BCUT2D eigenvalue weighted by atomic mass is 9.58. The van der Waals surface area contributed by atoms with Gasteiger partial charge in [-0.05, 0) is 109 Å². The Bertz CT molecular complexity index is 929. The van der Waals surface area contributed by atoms with E-state index in [9.17, 15) is 5.11 Å². The zero-order chi connectivity index (χ0) is 24.6. The van der Waals surface area contributed by atoms with E-state index in [0.717, 1.165) is 27.4 Å². The minimum absolute atomic E-state index is 0.113. The van der Waals surface area contributed by atoms with Gasteiger partial charge < -0.3 is 5.11 Å². The molecule has 2 aliphatic rings. The Kier molecular flexibility index (Phi) is 10.8. The number of alkyl halides is 2. The van der Waals surface area contributed by atoms with Crippen LogP contribution in [0.25, 0.3) is 0 Å². The molecule has 33 heavy (non-hydrogen) atoms. The Morgan fingerprint density at radius 2 is 1.55 bits per heavy atom. The molecule has 7 heteroatoms. The first-order valence-electron chi connectivity index (χ1n) is 11.5. The third-order valence-electron chi connectivity index (χ3n) is 8.27. The molecule has 0 saturated heterocycles. The van der Waals surface area contributed by atoms with Crippen LogP contribution in [0.1, 0.15) is 64.9 Å². The van der Waals surface area contributed by atoms with E-state index in [4.69, 9.17) is 0 Å². The first-order chi connectivity index (χ1) is 15.4. The molecule has 1 aromatic rings. The van der Waals surface area contributed by atoms with Crippen molar-refractivity contribution in [2.24, 2.45) is 22.7 Å². The molecule has 2 fully saturated rings. The van der Waals surface area contributed by atoms with Gasteiger partial charge in [0.1, 0.15) is 5.75 Å². The predicted molar refractivity (Wildman–Crippen MR) is 173 cm³/mol. The number of aromatic hydroxyl groups is 1. The summed E-state index contributed by atoms with van der Waals surface area (Å²) in [4.78, 5) is 1.02. The third-order valence-corrected chi connectivity index (χ3v) is 14.1. The number of halogens is 6. The Morgan fingerprint density at radius 3 is 2.15 bits per heavy atom. The second-order valence-electron chi connectivity index (χ2n) is 10.5. The molecule has 0 radical (unpaired) electrons. The largest absolute Gasteiger partial charge is 0.506 e. The van der Waals surface area contributed by atoms with Crippen LogP contribution in [0.5, 0.6) is 5.75 Å². The molecule has 1 nitrogen and oxygen atoms in total. The summed E-state index contributed by atoms with van der Waals surface area (Å²) in [7, 11) is 0. The maximum atomic E-state index is 10.8.